The van der Waals surface area contributed by atoms with Crippen LogP contribution in [0.4, 0.5) is 11.4 Å². The van der Waals surface area contributed by atoms with Gasteiger partial charge in [-0.25, -0.2) is 9.59 Å². The largest absolute Gasteiger partial charge is 2.00 e. The summed E-state index contributed by atoms with van der Waals surface area (Å²) >= 11 is 0. The molecule has 4 rings (SSSR count). The molecule has 0 fully saturated rings. The fraction of sp³-hybridized carbons (Fsp3) is 0.525. The van der Waals surface area contributed by atoms with Crippen LogP contribution in [-0.4, -0.2) is 43.8 Å². The minimum absolute atomic E-state index is 0. The van der Waals surface area contributed by atoms with E-state index in [4.69, 9.17) is 20.2 Å². The summed E-state index contributed by atoms with van der Waals surface area (Å²) in [5.41, 5.74) is 12.2. The number of hydrogen-bond acceptors (Lipinski definition) is 8. The molecule has 10 nitrogen and oxygen atoms in total. The Hall–Kier alpha value is -4.98. The molecule has 4 N–H and O–H groups in total. The van der Waals surface area contributed by atoms with Gasteiger partial charge in [-0.2, -0.15) is 0 Å². The molecule has 0 aliphatic carbocycles. The van der Waals surface area contributed by atoms with Gasteiger partial charge in [-0.3, -0.25) is 9.98 Å². The van der Waals surface area contributed by atoms with E-state index in [0.29, 0.717) is 36.8 Å². The van der Waals surface area contributed by atoms with Gasteiger partial charge in [0.15, 0.2) is 0 Å². The first-order chi connectivity index (χ1) is 33.1. The van der Waals surface area contributed by atoms with Crippen molar-refractivity contribution in [3.63, 3.8) is 0 Å². The summed E-state index contributed by atoms with van der Waals surface area (Å²) in [5, 5.41) is 59.8. The zero-order chi connectivity index (χ0) is 51.5. The standard InChI is InChI=1S/C35H54N2.2C12H16O4.Pd/c1-7-13-15-16-17-19-21-35(37-33-26-30(11-5)23-31(12-6)27-33)34(20-18-14-8-2)36-32-24-28(9-3)22-29(10-4)25-32;2*1-3-5-7-6-9(13)11(14)10(12(15)16)8(7)4-2;/h22-27H,7-21H2,1-6H3;2*6,13-14H,3-5H2,1-2H3,(H,15,16);/q;;;+2/p-2. The number of phenols is 2. The minimum Gasteiger partial charge on any atom is -0.869 e. The van der Waals surface area contributed by atoms with Crippen LogP contribution in [0.25, 0.3) is 0 Å². The van der Waals surface area contributed by atoms with Crippen molar-refractivity contribution in [2.24, 2.45) is 9.98 Å². The fourth-order valence-electron chi connectivity index (χ4n) is 8.62. The molecule has 0 spiro atoms. The third-order valence-corrected chi connectivity index (χ3v) is 12.4. The zero-order valence-corrected chi connectivity index (χ0v) is 45.7. The maximum Gasteiger partial charge on any atom is 2.00 e. The molecule has 4 aromatic rings. The Morgan fingerprint density at radius 1 is 0.443 bits per heavy atom. The Morgan fingerprint density at radius 3 is 1.06 bits per heavy atom. The van der Waals surface area contributed by atoms with E-state index >= 15 is 0 Å². The van der Waals surface area contributed by atoms with Crippen molar-refractivity contribution in [1.29, 1.82) is 0 Å². The van der Waals surface area contributed by atoms with Gasteiger partial charge in [-0.15, -0.1) is 0 Å². The molecule has 0 heterocycles. The first-order valence-electron chi connectivity index (χ1n) is 26.1. The first-order valence-corrected chi connectivity index (χ1v) is 26.1. The Morgan fingerprint density at radius 2 is 0.757 bits per heavy atom. The molecule has 388 valence electrons. The van der Waals surface area contributed by atoms with Gasteiger partial charge in [0.2, 0.25) is 0 Å². The third kappa shape index (κ3) is 20.0. The number of benzene rings is 4. The van der Waals surface area contributed by atoms with Crippen molar-refractivity contribution in [3.8, 4) is 23.0 Å². The average molecular weight is 1060 g/mol. The maximum absolute atomic E-state index is 11.5. The molecule has 0 aliphatic rings. The molecule has 70 heavy (non-hydrogen) atoms. The number of hydrogen-bond donors (Lipinski definition) is 4. The van der Waals surface area contributed by atoms with Crippen LogP contribution in [0.3, 0.4) is 0 Å². The van der Waals surface area contributed by atoms with Crippen LogP contribution in [0.5, 0.6) is 23.0 Å². The van der Waals surface area contributed by atoms with Gasteiger partial charge < -0.3 is 30.6 Å². The van der Waals surface area contributed by atoms with E-state index in [0.717, 1.165) is 73.9 Å². The molecule has 0 aliphatic heterocycles. The Labute approximate surface area is 434 Å². The number of carbonyl (C=O) groups is 2. The fourth-order valence-corrected chi connectivity index (χ4v) is 8.62. The molecule has 4 aromatic carbocycles. The Kier molecular flexibility index (Phi) is 30.9. The second kappa shape index (κ2) is 34.4. The average Bonchev–Trinajstić information content (AvgIpc) is 3.33. The normalized spacial score (nSPS) is 11.3. The molecular formula is C59H84N2O8Pd. The third-order valence-electron chi connectivity index (χ3n) is 12.4. The van der Waals surface area contributed by atoms with Crippen molar-refractivity contribution < 1.29 is 60.7 Å². The Bertz CT molecular complexity index is 2180. The molecule has 0 bridgehead atoms. The summed E-state index contributed by atoms with van der Waals surface area (Å²) < 4.78 is 0. The van der Waals surface area contributed by atoms with Gasteiger partial charge in [-0.05, 0) is 158 Å². The van der Waals surface area contributed by atoms with E-state index in [1.165, 1.54) is 104 Å². The summed E-state index contributed by atoms with van der Waals surface area (Å²) in [7, 11) is 0. The summed E-state index contributed by atoms with van der Waals surface area (Å²) in [4.78, 5) is 32.7. The summed E-state index contributed by atoms with van der Waals surface area (Å²) in [6.45, 7) is 21.0. The van der Waals surface area contributed by atoms with E-state index in [9.17, 15) is 30.0 Å². The van der Waals surface area contributed by atoms with Gasteiger partial charge in [0.25, 0.3) is 0 Å². The van der Waals surface area contributed by atoms with E-state index < -0.39 is 34.9 Å². The van der Waals surface area contributed by atoms with Gasteiger partial charge in [0.1, 0.15) is 11.5 Å². The second-order valence-corrected chi connectivity index (χ2v) is 17.8. The molecule has 0 saturated carbocycles. The van der Waals surface area contributed by atoms with Crippen molar-refractivity contribution in [2.75, 3.05) is 0 Å². The first kappa shape index (κ1) is 63.0. The molecule has 0 unspecified atom stereocenters. The smallest absolute Gasteiger partial charge is 0.869 e. The number of aromatic carboxylic acids is 2. The van der Waals surface area contributed by atoms with Crippen molar-refractivity contribution in [3.05, 3.63) is 104 Å². The summed E-state index contributed by atoms with van der Waals surface area (Å²) in [6.07, 6.45) is 21.6. The molecule has 0 saturated heterocycles. The molecule has 11 heteroatoms. The SMILES string of the molecule is CCCCCCCCC(=Nc1cc(CC)cc(CC)c1)C(CCCCC)=Nc1cc(CC)cc(CC)c1.CCCc1cc(O)c([O-])c(C(=O)O)c1CC.CCCc1cc(O)c([O-])c(C(=O)O)c1CC.[Pd+2]. The van der Waals surface area contributed by atoms with Crippen LogP contribution in [0.1, 0.15) is 218 Å². The number of rotatable bonds is 26. The number of unbranched alkanes of at least 4 members (excludes halogenated alkanes) is 7. The number of aryl methyl sites for hydroxylation is 6. The van der Waals surface area contributed by atoms with Crippen LogP contribution in [-0.2, 0) is 71.8 Å². The number of aliphatic imine (C=N–C) groups is 2. The molecule has 0 aromatic heterocycles. The quantitative estimate of drug-likeness (QED) is 0.0272. The van der Waals surface area contributed by atoms with Crippen LogP contribution in [0.2, 0.25) is 0 Å². The number of phenolic OH excluding ortho intramolecular Hbond substituents is 2. The number of carboxylic acid groups (broad SMARTS) is 2. The topological polar surface area (TPSA) is 186 Å². The van der Waals surface area contributed by atoms with Crippen LogP contribution in [0.15, 0.2) is 58.5 Å². The van der Waals surface area contributed by atoms with Gasteiger partial charge in [0, 0.05) is 0 Å². The van der Waals surface area contributed by atoms with Crippen LogP contribution < -0.4 is 10.2 Å². The minimum atomic E-state index is -1.27. The predicted octanol–water partition coefficient (Wildman–Crippen LogP) is 14.5. The maximum atomic E-state index is 11.5. The number of carboxylic acids is 2. The second-order valence-electron chi connectivity index (χ2n) is 17.8. The summed E-state index contributed by atoms with van der Waals surface area (Å²) in [5.74, 6) is -5.06. The van der Waals surface area contributed by atoms with Crippen LogP contribution >= 0.6 is 0 Å². The summed E-state index contributed by atoms with van der Waals surface area (Å²) in [6, 6.07) is 16.6. The Balaban J connectivity index is 0.000000610. The van der Waals surface area contributed by atoms with E-state index in [1.54, 1.807) is 13.8 Å². The van der Waals surface area contributed by atoms with Gasteiger partial charge in [0.05, 0.1) is 33.9 Å². The van der Waals surface area contributed by atoms with E-state index in [2.05, 4.69) is 77.9 Å². The monoisotopic (exact) mass is 1050 g/mol. The van der Waals surface area contributed by atoms with Crippen LogP contribution in [0, 0.1) is 0 Å². The van der Waals surface area contributed by atoms with Gasteiger partial charge in [-0.1, -0.05) is 151 Å². The van der Waals surface area contributed by atoms with Crippen molar-refractivity contribution >= 4 is 34.7 Å². The number of nitrogens with zero attached hydrogens (tertiary/aromatic N) is 2. The molecular weight excluding hydrogens is 971 g/mol. The van der Waals surface area contributed by atoms with Crippen molar-refractivity contribution in [2.45, 2.75) is 204 Å². The van der Waals surface area contributed by atoms with E-state index in [-0.39, 0.29) is 31.5 Å². The zero-order valence-electron chi connectivity index (χ0n) is 44.1. The van der Waals surface area contributed by atoms with Crippen molar-refractivity contribution in [1.82, 2.24) is 0 Å². The molecule has 0 amide bonds. The van der Waals surface area contributed by atoms with Gasteiger partial charge >= 0.3 is 32.4 Å². The number of aromatic hydroxyl groups is 2. The molecule has 0 atom stereocenters. The van der Waals surface area contributed by atoms with E-state index in [1.807, 2.05) is 13.8 Å². The molecule has 0 radical (unpaired) electrons. The predicted molar refractivity (Wildman–Crippen MR) is 282 cm³/mol.